The van der Waals surface area contributed by atoms with E-state index in [2.05, 4.69) is 10.3 Å². The van der Waals surface area contributed by atoms with Crippen molar-refractivity contribution < 1.29 is 27.5 Å². The lowest BCUT2D eigenvalue weighted by Crippen LogP contribution is -2.22. The number of carbonyl (C=O) groups is 1. The van der Waals surface area contributed by atoms with Gasteiger partial charge < -0.3 is 15.4 Å². The molecule has 0 aliphatic carbocycles. The van der Waals surface area contributed by atoms with E-state index in [1.54, 1.807) is 26.0 Å². The molecule has 0 bridgehead atoms. The van der Waals surface area contributed by atoms with E-state index in [0.717, 1.165) is 12.5 Å². The van der Waals surface area contributed by atoms with Crippen LogP contribution in [0.25, 0.3) is 11.1 Å². The summed E-state index contributed by atoms with van der Waals surface area (Å²) in [5.74, 6) is -1.19. The molecule has 0 saturated heterocycles. The van der Waals surface area contributed by atoms with Crippen LogP contribution in [-0.2, 0) is 30.2 Å². The fourth-order valence-corrected chi connectivity index (χ4v) is 4.08. The highest BCUT2D eigenvalue weighted by Crippen LogP contribution is 2.36. The summed E-state index contributed by atoms with van der Waals surface area (Å²) in [6.07, 6.45) is -2.14. The monoisotopic (exact) mass is 518 g/mol. The van der Waals surface area contributed by atoms with Gasteiger partial charge in [-0.15, -0.1) is 0 Å². The number of H-pyrrole nitrogens is 1. The number of anilines is 1. The summed E-state index contributed by atoms with van der Waals surface area (Å²) in [6, 6.07) is 9.43. The molecule has 0 radical (unpaired) electrons. The first-order valence-electron chi connectivity index (χ1n) is 11.9. The predicted octanol–water partition coefficient (Wildman–Crippen LogP) is 5.89. The van der Waals surface area contributed by atoms with Gasteiger partial charge in [-0.05, 0) is 53.6 Å². The van der Waals surface area contributed by atoms with E-state index < -0.39 is 28.9 Å². The van der Waals surface area contributed by atoms with E-state index >= 15 is 0 Å². The van der Waals surface area contributed by atoms with E-state index in [1.807, 2.05) is 6.92 Å². The lowest BCUT2D eigenvalue weighted by molar-refractivity contribution is -0.138. The third-order valence-electron chi connectivity index (χ3n) is 6.00. The zero-order chi connectivity index (χ0) is 27.4. The number of aromatic amines is 1. The molecule has 37 heavy (non-hydrogen) atoms. The summed E-state index contributed by atoms with van der Waals surface area (Å²) in [6.45, 7) is 4.98. The minimum atomic E-state index is -4.64. The fraction of sp³-hybridized carbons (Fsp3) is 0.357. The molecule has 198 valence electrons. The Morgan fingerprint density at radius 1 is 1.05 bits per heavy atom. The normalized spacial score (nSPS) is 12.0. The van der Waals surface area contributed by atoms with E-state index in [4.69, 9.17) is 0 Å². The van der Waals surface area contributed by atoms with Gasteiger partial charge in [-0.25, -0.2) is 4.39 Å². The quantitative estimate of drug-likeness (QED) is 0.309. The Bertz CT molecular complexity index is 1330. The van der Waals surface area contributed by atoms with Crippen LogP contribution in [0.3, 0.4) is 0 Å². The Hall–Kier alpha value is -3.46. The Morgan fingerprint density at radius 3 is 2.41 bits per heavy atom. The second-order valence-corrected chi connectivity index (χ2v) is 9.90. The number of amides is 1. The van der Waals surface area contributed by atoms with Gasteiger partial charge in [0.25, 0.3) is 5.56 Å². The maximum Gasteiger partial charge on any atom is 0.416 e. The van der Waals surface area contributed by atoms with Crippen molar-refractivity contribution in [2.45, 2.75) is 52.6 Å². The summed E-state index contributed by atoms with van der Waals surface area (Å²) in [7, 11) is 0. The molecule has 0 atom stereocenters. The van der Waals surface area contributed by atoms with Gasteiger partial charge in [0.1, 0.15) is 5.82 Å². The summed E-state index contributed by atoms with van der Waals surface area (Å²) in [5, 5.41) is 11.9. The van der Waals surface area contributed by atoms with E-state index in [1.165, 1.54) is 30.5 Å². The summed E-state index contributed by atoms with van der Waals surface area (Å²) in [4.78, 5) is 27.1. The number of rotatable bonds is 9. The Balaban J connectivity index is 1.77. The van der Waals surface area contributed by atoms with Crippen LogP contribution in [0, 0.1) is 11.2 Å². The van der Waals surface area contributed by atoms with Crippen molar-refractivity contribution in [3.8, 4) is 11.1 Å². The number of hydrogen-bond acceptors (Lipinski definition) is 3. The lowest BCUT2D eigenvalue weighted by Gasteiger charge is -2.24. The molecule has 0 fully saturated rings. The molecule has 0 aliphatic heterocycles. The Morgan fingerprint density at radius 2 is 1.78 bits per heavy atom. The highest BCUT2D eigenvalue weighted by atomic mass is 19.4. The molecule has 1 amide bonds. The summed E-state index contributed by atoms with van der Waals surface area (Å²) < 4.78 is 55.9. The first kappa shape index (κ1) is 28.1. The minimum Gasteiger partial charge on any atom is -0.396 e. The van der Waals surface area contributed by atoms with Gasteiger partial charge in [-0.2, -0.15) is 13.2 Å². The van der Waals surface area contributed by atoms with E-state index in [9.17, 15) is 32.3 Å². The average molecular weight is 519 g/mol. The average Bonchev–Trinajstić information content (AvgIpc) is 2.81. The number of carbonyl (C=O) groups excluding carboxylic acids is 1. The van der Waals surface area contributed by atoms with Crippen LogP contribution in [-0.4, -0.2) is 22.6 Å². The molecule has 5 nitrogen and oxygen atoms in total. The van der Waals surface area contributed by atoms with Crippen LogP contribution >= 0.6 is 0 Å². The molecule has 3 aromatic rings. The van der Waals surface area contributed by atoms with Gasteiger partial charge in [0.15, 0.2) is 0 Å². The molecular weight excluding hydrogens is 488 g/mol. The number of hydrogen-bond donors (Lipinski definition) is 3. The van der Waals surface area contributed by atoms with Gasteiger partial charge in [0.2, 0.25) is 5.91 Å². The molecule has 0 saturated carbocycles. The Labute approximate surface area is 212 Å². The number of aromatic nitrogens is 1. The third-order valence-corrected chi connectivity index (χ3v) is 6.00. The number of alkyl halides is 3. The van der Waals surface area contributed by atoms with E-state index in [-0.39, 0.29) is 41.8 Å². The van der Waals surface area contributed by atoms with Gasteiger partial charge in [-0.3, -0.25) is 9.59 Å². The number of pyridine rings is 1. The van der Waals surface area contributed by atoms with Gasteiger partial charge >= 0.3 is 6.18 Å². The van der Waals surface area contributed by atoms with Crippen molar-refractivity contribution >= 4 is 11.6 Å². The highest BCUT2D eigenvalue weighted by molar-refractivity contribution is 5.92. The van der Waals surface area contributed by atoms with Crippen LogP contribution in [0.4, 0.5) is 23.2 Å². The maximum absolute atomic E-state index is 14.9. The number of aliphatic hydroxyl groups excluding tert-OH is 1. The van der Waals surface area contributed by atoms with Crippen molar-refractivity contribution in [3.63, 3.8) is 0 Å². The topological polar surface area (TPSA) is 82.2 Å². The lowest BCUT2D eigenvalue weighted by atomic mass is 9.84. The van der Waals surface area contributed by atoms with Crippen LogP contribution in [0.1, 0.15) is 49.4 Å². The highest BCUT2D eigenvalue weighted by Gasteiger charge is 2.35. The summed E-state index contributed by atoms with van der Waals surface area (Å²) >= 11 is 0. The van der Waals surface area contributed by atoms with Crippen molar-refractivity contribution in [1.82, 2.24) is 4.98 Å². The van der Waals surface area contributed by atoms with Crippen LogP contribution in [0.5, 0.6) is 0 Å². The van der Waals surface area contributed by atoms with Crippen molar-refractivity contribution in [3.05, 3.63) is 87.1 Å². The molecule has 0 spiro atoms. The minimum absolute atomic E-state index is 0.00738. The standard InChI is InChI=1S/C28H30F4N2O3/c1-4-5-18-12-20(15-33-26(18)37)22-9-6-17(10-24(22)29)11-25(36)34-21-8-7-19(14-27(2,3)16-35)23(13-21)28(30,31)32/h6-10,12-13,15,35H,4-5,11,14,16H2,1-3H3,(H,33,37)(H,34,36). The van der Waals surface area contributed by atoms with Crippen LogP contribution in [0.2, 0.25) is 0 Å². The fourth-order valence-electron chi connectivity index (χ4n) is 4.08. The zero-order valence-electron chi connectivity index (χ0n) is 20.9. The molecule has 9 heteroatoms. The second-order valence-electron chi connectivity index (χ2n) is 9.90. The number of aryl methyl sites for hydroxylation is 1. The predicted molar refractivity (Wildman–Crippen MR) is 135 cm³/mol. The number of aliphatic hydroxyl groups is 1. The molecular formula is C28H30F4N2O3. The van der Waals surface area contributed by atoms with E-state index in [0.29, 0.717) is 23.1 Å². The van der Waals surface area contributed by atoms with Crippen molar-refractivity contribution in [1.29, 1.82) is 0 Å². The third kappa shape index (κ3) is 7.29. The maximum atomic E-state index is 14.9. The first-order valence-corrected chi connectivity index (χ1v) is 11.9. The SMILES string of the molecule is CCCc1cc(-c2ccc(CC(=O)Nc3ccc(CC(C)(C)CO)c(C(F)(F)F)c3)cc2F)c[nH]c1=O. The van der Waals surface area contributed by atoms with Crippen LogP contribution < -0.4 is 10.9 Å². The summed E-state index contributed by atoms with van der Waals surface area (Å²) in [5.41, 5.74) is -0.212. The van der Waals surface area contributed by atoms with Crippen LogP contribution in [0.15, 0.2) is 53.5 Å². The van der Waals surface area contributed by atoms with Crippen molar-refractivity contribution in [2.75, 3.05) is 11.9 Å². The number of benzene rings is 2. The molecule has 1 heterocycles. The second kappa shape index (κ2) is 11.3. The van der Waals surface area contributed by atoms with Gasteiger partial charge in [0, 0.05) is 35.2 Å². The Kier molecular flexibility index (Phi) is 8.58. The number of halogens is 4. The smallest absolute Gasteiger partial charge is 0.396 e. The molecule has 3 N–H and O–H groups in total. The molecule has 0 aliphatic rings. The number of nitrogens with one attached hydrogen (secondary N) is 2. The molecule has 1 aromatic heterocycles. The van der Waals surface area contributed by atoms with Gasteiger partial charge in [-0.1, -0.05) is 45.4 Å². The zero-order valence-corrected chi connectivity index (χ0v) is 20.9. The molecule has 2 aromatic carbocycles. The first-order chi connectivity index (χ1) is 17.3. The van der Waals surface area contributed by atoms with Gasteiger partial charge in [0.05, 0.1) is 12.0 Å². The molecule has 3 rings (SSSR count). The van der Waals surface area contributed by atoms with Crippen molar-refractivity contribution in [2.24, 2.45) is 5.41 Å². The molecule has 0 unspecified atom stereocenters. The largest absolute Gasteiger partial charge is 0.416 e.